The van der Waals surface area contributed by atoms with Crippen LogP contribution in [0.1, 0.15) is 61.3 Å². The molecule has 0 aromatic heterocycles. The minimum absolute atomic E-state index is 0.128. The fourth-order valence-corrected chi connectivity index (χ4v) is 1.73. The van der Waals surface area contributed by atoms with Crippen molar-refractivity contribution in [2.75, 3.05) is 6.61 Å². The van der Waals surface area contributed by atoms with E-state index in [0.29, 0.717) is 6.61 Å². The molecule has 2 amide bonds. The molecule has 0 aliphatic heterocycles. The van der Waals surface area contributed by atoms with E-state index in [4.69, 9.17) is 9.47 Å². The largest absolute Gasteiger partial charge is 0.464 e. The molecule has 0 aliphatic carbocycles. The molecular weight excluding hydrogens is 312 g/mol. The van der Waals surface area contributed by atoms with E-state index in [0.717, 1.165) is 12.8 Å². The van der Waals surface area contributed by atoms with Crippen molar-refractivity contribution < 1.29 is 23.9 Å². The highest BCUT2D eigenvalue weighted by molar-refractivity contribution is 5.89. The Labute approximate surface area is 144 Å². The molecule has 0 heterocycles. The van der Waals surface area contributed by atoms with E-state index >= 15 is 0 Å². The summed E-state index contributed by atoms with van der Waals surface area (Å²) < 4.78 is 10.3. The van der Waals surface area contributed by atoms with Crippen molar-refractivity contribution in [3.05, 3.63) is 0 Å². The van der Waals surface area contributed by atoms with Crippen LogP contribution in [0.3, 0.4) is 0 Å². The second-order valence-electron chi connectivity index (χ2n) is 7.12. The topological polar surface area (TPSA) is 93.7 Å². The van der Waals surface area contributed by atoms with Crippen molar-refractivity contribution in [1.82, 2.24) is 10.6 Å². The highest BCUT2D eigenvalue weighted by Crippen LogP contribution is 2.08. The van der Waals surface area contributed by atoms with Gasteiger partial charge in [-0.05, 0) is 40.0 Å². The van der Waals surface area contributed by atoms with Gasteiger partial charge in [-0.1, -0.05) is 27.2 Å². The number of amides is 2. The van der Waals surface area contributed by atoms with E-state index in [1.54, 1.807) is 20.8 Å². The Hall–Kier alpha value is -1.79. The zero-order valence-electron chi connectivity index (χ0n) is 15.9. The van der Waals surface area contributed by atoms with E-state index in [-0.39, 0.29) is 5.92 Å². The van der Waals surface area contributed by atoms with Crippen LogP contribution in [-0.2, 0) is 19.1 Å². The first-order valence-corrected chi connectivity index (χ1v) is 8.44. The molecule has 0 aromatic rings. The van der Waals surface area contributed by atoms with Crippen molar-refractivity contribution in [1.29, 1.82) is 0 Å². The monoisotopic (exact) mass is 344 g/mol. The number of carbonyl (C=O) groups excluding carboxylic acids is 3. The third kappa shape index (κ3) is 9.37. The van der Waals surface area contributed by atoms with Crippen molar-refractivity contribution >= 4 is 18.0 Å². The summed E-state index contributed by atoms with van der Waals surface area (Å²) in [6.45, 7) is 12.7. The average Bonchev–Trinajstić information content (AvgIpc) is 2.41. The van der Waals surface area contributed by atoms with E-state index in [1.807, 2.05) is 20.8 Å². The molecule has 0 saturated heterocycles. The van der Waals surface area contributed by atoms with E-state index in [9.17, 15) is 14.4 Å². The molecule has 7 nitrogen and oxygen atoms in total. The molecule has 0 aliphatic rings. The maximum atomic E-state index is 12.2. The minimum atomic E-state index is -0.829. The van der Waals surface area contributed by atoms with Crippen LogP contribution in [0.25, 0.3) is 0 Å². The normalized spacial score (nSPS) is 13.8. The van der Waals surface area contributed by atoms with Gasteiger partial charge in [-0.2, -0.15) is 0 Å². The van der Waals surface area contributed by atoms with Gasteiger partial charge in [0.1, 0.15) is 17.7 Å². The zero-order chi connectivity index (χ0) is 18.9. The van der Waals surface area contributed by atoms with Crippen LogP contribution in [0, 0.1) is 5.92 Å². The number of rotatable bonds is 8. The number of nitrogens with one attached hydrogen (secondary N) is 2. The van der Waals surface area contributed by atoms with Gasteiger partial charge in [0.25, 0.3) is 0 Å². The highest BCUT2D eigenvalue weighted by atomic mass is 16.6. The van der Waals surface area contributed by atoms with Gasteiger partial charge < -0.3 is 20.1 Å². The minimum Gasteiger partial charge on any atom is -0.464 e. The Bertz CT molecular complexity index is 429. The quantitative estimate of drug-likeness (QED) is 0.521. The summed E-state index contributed by atoms with van der Waals surface area (Å²) in [7, 11) is 0. The van der Waals surface area contributed by atoms with Gasteiger partial charge in [0.05, 0.1) is 6.61 Å². The first-order valence-electron chi connectivity index (χ1n) is 8.44. The van der Waals surface area contributed by atoms with Crippen LogP contribution < -0.4 is 10.6 Å². The molecular formula is C17H32N2O5. The summed E-state index contributed by atoms with van der Waals surface area (Å²) in [6, 6.07) is -1.58. The zero-order valence-corrected chi connectivity index (χ0v) is 15.9. The van der Waals surface area contributed by atoms with Crippen LogP contribution in [0.4, 0.5) is 4.79 Å². The third-order valence-corrected chi connectivity index (χ3v) is 3.09. The molecule has 0 saturated carbocycles. The van der Waals surface area contributed by atoms with Crippen LogP contribution in [-0.4, -0.2) is 42.3 Å². The summed E-state index contributed by atoms with van der Waals surface area (Å²) in [4.78, 5) is 36.0. The number of ether oxygens (including phenoxy) is 2. The Kier molecular flexibility index (Phi) is 9.40. The Balaban J connectivity index is 4.60. The van der Waals surface area contributed by atoms with E-state index in [2.05, 4.69) is 10.6 Å². The molecule has 2 atom stereocenters. The lowest BCUT2D eigenvalue weighted by atomic mass is 10.0. The molecule has 0 spiro atoms. The Morgan fingerprint density at radius 3 is 2.08 bits per heavy atom. The molecule has 7 heteroatoms. The molecule has 0 bridgehead atoms. The van der Waals surface area contributed by atoms with Gasteiger partial charge in [-0.25, -0.2) is 9.59 Å². The second kappa shape index (κ2) is 10.2. The van der Waals surface area contributed by atoms with Crippen molar-refractivity contribution in [3.8, 4) is 0 Å². The first kappa shape index (κ1) is 22.2. The fourth-order valence-electron chi connectivity index (χ4n) is 1.73. The number of esters is 1. The summed E-state index contributed by atoms with van der Waals surface area (Å²) >= 11 is 0. The Morgan fingerprint density at radius 2 is 1.62 bits per heavy atom. The SMILES string of the molecule is CCCCOC(=O)[C@@H](NC(=O)[C@H](C)NC(=O)OC(C)(C)C)C(C)C. The van der Waals surface area contributed by atoms with E-state index < -0.39 is 35.7 Å². The van der Waals surface area contributed by atoms with E-state index in [1.165, 1.54) is 6.92 Å². The smallest absolute Gasteiger partial charge is 0.408 e. The van der Waals surface area contributed by atoms with Gasteiger partial charge in [0, 0.05) is 0 Å². The van der Waals surface area contributed by atoms with Gasteiger partial charge in [0.2, 0.25) is 5.91 Å². The van der Waals surface area contributed by atoms with Crippen molar-refractivity contribution in [3.63, 3.8) is 0 Å². The Morgan fingerprint density at radius 1 is 1.04 bits per heavy atom. The second-order valence-corrected chi connectivity index (χ2v) is 7.12. The van der Waals surface area contributed by atoms with Crippen LogP contribution >= 0.6 is 0 Å². The highest BCUT2D eigenvalue weighted by Gasteiger charge is 2.28. The molecule has 24 heavy (non-hydrogen) atoms. The van der Waals surface area contributed by atoms with Gasteiger partial charge >= 0.3 is 12.1 Å². The molecule has 0 radical (unpaired) electrons. The van der Waals surface area contributed by atoms with Crippen LogP contribution in [0.5, 0.6) is 0 Å². The summed E-state index contributed by atoms with van der Waals surface area (Å²) in [5.74, 6) is -1.06. The lowest BCUT2D eigenvalue weighted by Crippen LogP contribution is -2.53. The molecule has 140 valence electrons. The molecule has 0 rings (SSSR count). The predicted octanol–water partition coefficient (Wildman–Crippen LogP) is 2.38. The maximum Gasteiger partial charge on any atom is 0.408 e. The molecule has 2 N–H and O–H groups in total. The summed E-state index contributed by atoms with van der Waals surface area (Å²) in [5, 5.41) is 5.07. The van der Waals surface area contributed by atoms with Crippen molar-refractivity contribution in [2.24, 2.45) is 5.92 Å². The van der Waals surface area contributed by atoms with Gasteiger partial charge in [-0.3, -0.25) is 4.79 Å². The summed E-state index contributed by atoms with van der Waals surface area (Å²) in [5.41, 5.74) is -0.649. The van der Waals surface area contributed by atoms with Crippen molar-refractivity contribution in [2.45, 2.75) is 79.0 Å². The standard InChI is InChI=1S/C17H32N2O5/c1-8-9-10-23-15(21)13(11(2)3)19-14(20)12(4)18-16(22)24-17(5,6)7/h11-13H,8-10H2,1-7H3,(H,18,22)(H,19,20)/t12-,13-/m0/s1. The summed E-state index contributed by atoms with van der Waals surface area (Å²) in [6.07, 6.45) is 1.01. The predicted molar refractivity (Wildman–Crippen MR) is 91.5 cm³/mol. The number of unbranched alkanes of at least 4 members (excludes halogenated alkanes) is 1. The number of alkyl carbamates (subject to hydrolysis) is 1. The van der Waals surface area contributed by atoms with Crippen LogP contribution in [0.2, 0.25) is 0 Å². The molecule has 0 aromatic carbocycles. The van der Waals surface area contributed by atoms with Gasteiger partial charge in [-0.15, -0.1) is 0 Å². The first-order chi connectivity index (χ1) is 11.0. The molecule has 0 fully saturated rings. The number of hydrogen-bond donors (Lipinski definition) is 2. The number of carbonyl (C=O) groups is 3. The third-order valence-electron chi connectivity index (χ3n) is 3.09. The average molecular weight is 344 g/mol. The number of hydrogen-bond acceptors (Lipinski definition) is 5. The van der Waals surface area contributed by atoms with Gasteiger partial charge in [0.15, 0.2) is 0 Å². The molecule has 0 unspecified atom stereocenters. The van der Waals surface area contributed by atoms with Crippen LogP contribution in [0.15, 0.2) is 0 Å². The lowest BCUT2D eigenvalue weighted by molar-refractivity contribution is -0.149. The maximum absolute atomic E-state index is 12.2. The lowest BCUT2D eigenvalue weighted by Gasteiger charge is -2.24. The fraction of sp³-hybridized carbons (Fsp3) is 0.824.